The number of hydrogen-bond donors (Lipinski definition) is 1. The van der Waals surface area contributed by atoms with Crippen molar-refractivity contribution in [3.05, 3.63) is 47.8 Å². The largest absolute Gasteiger partial charge is 0.310 e. The van der Waals surface area contributed by atoms with Crippen LogP contribution in [0.5, 0.6) is 0 Å². The molecule has 130 valence electrons. The third-order valence-corrected chi connectivity index (χ3v) is 4.79. The van der Waals surface area contributed by atoms with Crippen molar-refractivity contribution in [2.75, 3.05) is 13.1 Å². The van der Waals surface area contributed by atoms with Gasteiger partial charge in [-0.1, -0.05) is 0 Å². The van der Waals surface area contributed by atoms with E-state index in [1.165, 1.54) is 36.1 Å². The van der Waals surface area contributed by atoms with Gasteiger partial charge in [0.15, 0.2) is 5.82 Å². The van der Waals surface area contributed by atoms with Crippen LogP contribution in [-0.4, -0.2) is 39.9 Å². The number of nitrogens with one attached hydrogen (secondary N) is 1. The Bertz CT molecular complexity index is 706. The molecule has 3 heterocycles. The van der Waals surface area contributed by atoms with Gasteiger partial charge < -0.3 is 5.32 Å². The molecule has 2 aromatic rings. The summed E-state index contributed by atoms with van der Waals surface area (Å²) in [6.45, 7) is 2.86. The molecule has 2 fully saturated rings. The van der Waals surface area contributed by atoms with Crippen LogP contribution in [0.3, 0.4) is 0 Å². The maximum Gasteiger partial charge on any atom is 0.151 e. The maximum atomic E-state index is 13.8. The Morgan fingerprint density at radius 1 is 1.12 bits per heavy atom. The van der Waals surface area contributed by atoms with Crippen molar-refractivity contribution in [3.8, 4) is 5.69 Å². The highest BCUT2D eigenvalue weighted by Gasteiger charge is 2.29. The zero-order valence-corrected chi connectivity index (χ0v) is 14.1. The number of rotatable bonds is 3. The van der Waals surface area contributed by atoms with Crippen LogP contribution in [0.25, 0.3) is 5.69 Å². The van der Waals surface area contributed by atoms with Gasteiger partial charge in [-0.05, 0) is 37.5 Å². The first kappa shape index (κ1) is 17.3. The molecule has 24 heavy (non-hydrogen) atoms. The average molecular weight is 355 g/mol. The summed E-state index contributed by atoms with van der Waals surface area (Å²) in [4.78, 5) is 2.41. The second kappa shape index (κ2) is 7.17. The van der Waals surface area contributed by atoms with E-state index in [0.717, 1.165) is 31.4 Å². The van der Waals surface area contributed by atoms with Crippen molar-refractivity contribution < 1.29 is 8.78 Å². The van der Waals surface area contributed by atoms with Gasteiger partial charge >= 0.3 is 0 Å². The van der Waals surface area contributed by atoms with Crippen LogP contribution >= 0.6 is 12.4 Å². The highest BCUT2D eigenvalue weighted by molar-refractivity contribution is 5.85. The lowest BCUT2D eigenvalue weighted by Crippen LogP contribution is -2.35. The normalized spacial score (nSPS) is 23.8. The van der Waals surface area contributed by atoms with E-state index in [0.29, 0.717) is 12.1 Å². The third kappa shape index (κ3) is 3.61. The van der Waals surface area contributed by atoms with E-state index >= 15 is 0 Å². The fraction of sp³-hybridized carbons (Fsp3) is 0.471. The third-order valence-electron chi connectivity index (χ3n) is 4.79. The lowest BCUT2D eigenvalue weighted by molar-refractivity contribution is 0.248. The van der Waals surface area contributed by atoms with E-state index in [-0.39, 0.29) is 18.1 Å². The number of aromatic nitrogens is 2. The Morgan fingerprint density at radius 2 is 1.96 bits per heavy atom. The molecule has 4 nitrogen and oxygen atoms in total. The summed E-state index contributed by atoms with van der Waals surface area (Å²) in [5.41, 5.74) is 1.18. The predicted octanol–water partition coefficient (Wildman–Crippen LogP) is 2.90. The zero-order valence-electron chi connectivity index (χ0n) is 13.3. The number of halogens is 3. The number of hydrogen-bond acceptors (Lipinski definition) is 3. The van der Waals surface area contributed by atoms with E-state index in [9.17, 15) is 8.78 Å². The van der Waals surface area contributed by atoms with Crippen molar-refractivity contribution in [3.63, 3.8) is 0 Å². The highest BCUT2D eigenvalue weighted by atomic mass is 35.5. The van der Waals surface area contributed by atoms with E-state index < -0.39 is 11.6 Å². The standard InChI is InChI=1S/C17H20F2N4.ClH/c18-12-1-4-17(16(19)9-12)23-8-6-15(21-23)11-22-7-5-13-2-3-14(10-22)20-13;/h1,4,6,8-9,13-14,20H,2-3,5,7,10-11H2;1H. The summed E-state index contributed by atoms with van der Waals surface area (Å²) in [5.74, 6) is -1.18. The first-order valence-electron chi connectivity index (χ1n) is 8.16. The molecule has 2 bridgehead atoms. The number of nitrogens with zero attached hydrogens (tertiary/aromatic N) is 3. The van der Waals surface area contributed by atoms with Crippen molar-refractivity contribution in [2.45, 2.75) is 37.9 Å². The molecule has 2 saturated heterocycles. The average Bonchev–Trinajstić information content (AvgIpc) is 3.08. The minimum Gasteiger partial charge on any atom is -0.310 e. The fourth-order valence-electron chi connectivity index (χ4n) is 3.64. The molecule has 0 aliphatic carbocycles. The number of benzene rings is 1. The second-order valence-electron chi connectivity index (χ2n) is 6.51. The van der Waals surface area contributed by atoms with Gasteiger partial charge in [0.05, 0.1) is 5.69 Å². The quantitative estimate of drug-likeness (QED) is 0.920. The summed E-state index contributed by atoms with van der Waals surface area (Å²) in [5, 5.41) is 8.11. The van der Waals surface area contributed by atoms with E-state index in [2.05, 4.69) is 15.3 Å². The fourth-order valence-corrected chi connectivity index (χ4v) is 3.64. The molecule has 7 heteroatoms. The monoisotopic (exact) mass is 354 g/mol. The first-order chi connectivity index (χ1) is 11.2. The van der Waals surface area contributed by atoms with E-state index in [4.69, 9.17) is 0 Å². The molecule has 2 aliphatic rings. The van der Waals surface area contributed by atoms with E-state index in [1.807, 2.05) is 6.07 Å². The molecule has 1 N–H and O–H groups in total. The molecular formula is C17H21ClF2N4. The Balaban J connectivity index is 0.00000169. The maximum absolute atomic E-state index is 13.8. The van der Waals surface area contributed by atoms with Gasteiger partial charge in [-0.2, -0.15) is 5.10 Å². The minimum atomic E-state index is -0.601. The van der Waals surface area contributed by atoms with Crippen molar-refractivity contribution in [2.24, 2.45) is 0 Å². The Hall–Kier alpha value is -1.50. The molecule has 0 amide bonds. The van der Waals surface area contributed by atoms with Gasteiger partial charge in [0.1, 0.15) is 11.5 Å². The molecule has 2 aliphatic heterocycles. The molecule has 4 rings (SSSR count). The van der Waals surface area contributed by atoms with Crippen LogP contribution in [-0.2, 0) is 6.54 Å². The van der Waals surface area contributed by atoms with Crippen LogP contribution in [0.1, 0.15) is 25.0 Å². The molecule has 2 atom stereocenters. The topological polar surface area (TPSA) is 33.1 Å². The van der Waals surface area contributed by atoms with Crippen LogP contribution in [0.2, 0.25) is 0 Å². The molecule has 0 saturated carbocycles. The van der Waals surface area contributed by atoms with Crippen molar-refractivity contribution in [1.29, 1.82) is 0 Å². The summed E-state index contributed by atoms with van der Waals surface area (Å²) >= 11 is 0. The summed E-state index contributed by atoms with van der Waals surface area (Å²) in [6.07, 6.45) is 5.44. The molecular weight excluding hydrogens is 334 g/mol. The summed E-state index contributed by atoms with van der Waals surface area (Å²) < 4.78 is 28.3. The summed E-state index contributed by atoms with van der Waals surface area (Å²) in [6, 6.07) is 6.69. The first-order valence-corrected chi connectivity index (χ1v) is 8.16. The lowest BCUT2D eigenvalue weighted by atomic mass is 10.1. The smallest absolute Gasteiger partial charge is 0.151 e. The molecule has 1 aromatic carbocycles. The van der Waals surface area contributed by atoms with Crippen LogP contribution < -0.4 is 5.32 Å². The van der Waals surface area contributed by atoms with Crippen LogP contribution in [0.15, 0.2) is 30.5 Å². The highest BCUT2D eigenvalue weighted by Crippen LogP contribution is 2.21. The predicted molar refractivity (Wildman–Crippen MR) is 90.6 cm³/mol. The molecule has 1 aromatic heterocycles. The van der Waals surface area contributed by atoms with Gasteiger partial charge in [-0.3, -0.25) is 4.90 Å². The molecule has 2 unspecified atom stereocenters. The summed E-state index contributed by atoms with van der Waals surface area (Å²) in [7, 11) is 0. The van der Waals surface area contributed by atoms with E-state index in [1.54, 1.807) is 6.20 Å². The zero-order chi connectivity index (χ0) is 15.8. The van der Waals surface area contributed by atoms with Gasteiger partial charge in [0, 0.05) is 44.0 Å². The van der Waals surface area contributed by atoms with Gasteiger partial charge in [0.25, 0.3) is 0 Å². The van der Waals surface area contributed by atoms with Crippen molar-refractivity contribution >= 4 is 12.4 Å². The van der Waals surface area contributed by atoms with Crippen LogP contribution in [0.4, 0.5) is 8.78 Å². The molecule has 0 radical (unpaired) electrons. The molecule has 0 spiro atoms. The Kier molecular flexibility index (Phi) is 5.18. The van der Waals surface area contributed by atoms with Crippen molar-refractivity contribution in [1.82, 2.24) is 20.0 Å². The Labute approximate surface area is 146 Å². The van der Waals surface area contributed by atoms with Crippen LogP contribution in [0, 0.1) is 11.6 Å². The van der Waals surface area contributed by atoms with Gasteiger partial charge in [-0.15, -0.1) is 12.4 Å². The Morgan fingerprint density at radius 3 is 2.79 bits per heavy atom. The minimum absolute atomic E-state index is 0. The van der Waals surface area contributed by atoms with Gasteiger partial charge in [-0.25, -0.2) is 13.5 Å². The number of fused-ring (bicyclic) bond motifs is 2. The number of likely N-dealkylation sites (tertiary alicyclic amines) is 1. The second-order valence-corrected chi connectivity index (χ2v) is 6.51. The lowest BCUT2D eigenvalue weighted by Gasteiger charge is -2.22. The SMILES string of the molecule is Cl.Fc1ccc(-n2ccc(CN3CCC4CCC(C3)N4)n2)c(F)c1. The van der Waals surface area contributed by atoms with Gasteiger partial charge in [0.2, 0.25) is 0 Å².